The maximum absolute atomic E-state index is 11.7. The second-order valence-corrected chi connectivity index (χ2v) is 4.38. The van der Waals surface area contributed by atoms with Crippen LogP contribution in [0, 0.1) is 6.92 Å². The lowest BCUT2D eigenvalue weighted by molar-refractivity contribution is 0.101. The molecule has 2 N–H and O–H groups in total. The van der Waals surface area contributed by atoms with Crippen LogP contribution in [0.25, 0.3) is 0 Å². The van der Waals surface area contributed by atoms with Crippen LogP contribution in [0.3, 0.4) is 0 Å². The van der Waals surface area contributed by atoms with Crippen molar-refractivity contribution in [1.29, 1.82) is 0 Å². The summed E-state index contributed by atoms with van der Waals surface area (Å²) >= 11 is 0. The van der Waals surface area contributed by atoms with Crippen molar-refractivity contribution >= 4 is 17.5 Å². The van der Waals surface area contributed by atoms with E-state index in [0.29, 0.717) is 17.0 Å². The summed E-state index contributed by atoms with van der Waals surface area (Å²) in [5, 5.41) is 9.04. The van der Waals surface area contributed by atoms with Gasteiger partial charge in [0, 0.05) is 17.3 Å². The number of urea groups is 1. The van der Waals surface area contributed by atoms with E-state index in [1.807, 2.05) is 6.92 Å². The van der Waals surface area contributed by atoms with Gasteiger partial charge in [0.05, 0.1) is 12.2 Å². The van der Waals surface area contributed by atoms with E-state index < -0.39 is 0 Å². The van der Waals surface area contributed by atoms with Crippen molar-refractivity contribution in [2.75, 3.05) is 5.32 Å². The number of aryl methyl sites for hydroxylation is 1. The van der Waals surface area contributed by atoms with E-state index >= 15 is 0 Å². The Kier molecular flexibility index (Phi) is 4.14. The van der Waals surface area contributed by atoms with Gasteiger partial charge in [0.2, 0.25) is 0 Å². The van der Waals surface area contributed by atoms with Gasteiger partial charge in [0.1, 0.15) is 0 Å². The van der Waals surface area contributed by atoms with Crippen LogP contribution in [0.15, 0.2) is 34.9 Å². The van der Waals surface area contributed by atoms with Crippen LogP contribution in [-0.4, -0.2) is 17.0 Å². The lowest BCUT2D eigenvalue weighted by Gasteiger charge is -2.06. The van der Waals surface area contributed by atoms with Crippen LogP contribution >= 0.6 is 0 Å². The van der Waals surface area contributed by atoms with E-state index in [-0.39, 0.29) is 18.4 Å². The summed E-state index contributed by atoms with van der Waals surface area (Å²) in [5.74, 6) is 0.575. The van der Waals surface area contributed by atoms with E-state index in [2.05, 4.69) is 15.8 Å². The molecule has 0 saturated heterocycles. The summed E-state index contributed by atoms with van der Waals surface area (Å²) in [5.41, 5.74) is 1.98. The van der Waals surface area contributed by atoms with Gasteiger partial charge in [0.25, 0.3) is 0 Å². The molecule has 0 aliphatic rings. The lowest BCUT2D eigenvalue weighted by Crippen LogP contribution is -2.28. The number of carbonyl (C=O) groups excluding carboxylic acids is 2. The van der Waals surface area contributed by atoms with Crippen molar-refractivity contribution in [2.45, 2.75) is 20.4 Å². The number of Topliss-reactive ketones (excluding diaryl/α,β-unsaturated/α-hetero) is 1. The molecular weight excluding hydrogens is 258 g/mol. The molecule has 0 unspecified atom stereocenters. The highest BCUT2D eigenvalue weighted by atomic mass is 16.5. The van der Waals surface area contributed by atoms with Crippen LogP contribution in [0.5, 0.6) is 0 Å². The molecule has 0 bridgehead atoms. The van der Waals surface area contributed by atoms with Gasteiger partial charge in [-0.25, -0.2) is 4.79 Å². The number of anilines is 1. The maximum atomic E-state index is 11.7. The number of rotatable bonds is 4. The van der Waals surface area contributed by atoms with Gasteiger partial charge < -0.3 is 15.2 Å². The molecule has 0 spiro atoms. The van der Waals surface area contributed by atoms with E-state index in [9.17, 15) is 9.59 Å². The Morgan fingerprint density at radius 2 is 1.95 bits per heavy atom. The monoisotopic (exact) mass is 273 g/mol. The fourth-order valence-corrected chi connectivity index (χ4v) is 1.63. The Morgan fingerprint density at radius 3 is 2.50 bits per heavy atom. The van der Waals surface area contributed by atoms with Gasteiger partial charge in [-0.2, -0.15) is 0 Å². The molecule has 0 aliphatic heterocycles. The molecule has 104 valence electrons. The predicted octanol–water partition coefficient (Wildman–Crippen LogP) is 2.51. The third-order valence-electron chi connectivity index (χ3n) is 2.65. The molecule has 0 radical (unpaired) electrons. The highest BCUT2D eigenvalue weighted by Gasteiger charge is 2.05. The molecule has 1 aromatic carbocycles. The molecule has 0 atom stereocenters. The molecule has 0 aliphatic carbocycles. The molecular formula is C14H15N3O3. The Labute approximate surface area is 116 Å². The molecule has 2 aromatic rings. The molecule has 1 heterocycles. The molecule has 20 heavy (non-hydrogen) atoms. The Bertz CT molecular complexity index is 617. The van der Waals surface area contributed by atoms with Gasteiger partial charge in [-0.1, -0.05) is 5.16 Å². The van der Waals surface area contributed by atoms with Crippen LogP contribution < -0.4 is 10.6 Å². The van der Waals surface area contributed by atoms with Crippen molar-refractivity contribution in [2.24, 2.45) is 0 Å². The first kappa shape index (κ1) is 13.8. The number of hydrogen-bond donors (Lipinski definition) is 2. The number of ketones is 1. The van der Waals surface area contributed by atoms with Crippen LogP contribution in [-0.2, 0) is 6.54 Å². The van der Waals surface area contributed by atoms with Gasteiger partial charge in [-0.3, -0.25) is 4.79 Å². The van der Waals surface area contributed by atoms with Crippen LogP contribution in [0.4, 0.5) is 10.5 Å². The molecule has 0 fully saturated rings. The second kappa shape index (κ2) is 6.01. The quantitative estimate of drug-likeness (QED) is 0.838. The number of carbonyl (C=O) groups is 2. The number of nitrogens with one attached hydrogen (secondary N) is 2. The smallest absolute Gasteiger partial charge is 0.319 e. The molecule has 2 rings (SSSR count). The molecule has 0 saturated carbocycles. The summed E-state index contributed by atoms with van der Waals surface area (Å²) in [6, 6.07) is 8.08. The lowest BCUT2D eigenvalue weighted by atomic mass is 10.1. The fraction of sp³-hybridized carbons (Fsp3) is 0.214. The third-order valence-corrected chi connectivity index (χ3v) is 2.65. The van der Waals surface area contributed by atoms with Crippen molar-refractivity contribution in [3.05, 3.63) is 47.3 Å². The largest absolute Gasteiger partial charge is 0.359 e. The van der Waals surface area contributed by atoms with Gasteiger partial charge >= 0.3 is 6.03 Å². The second-order valence-electron chi connectivity index (χ2n) is 4.38. The first-order chi connectivity index (χ1) is 9.54. The Morgan fingerprint density at radius 1 is 1.25 bits per heavy atom. The molecule has 6 heteroatoms. The average Bonchev–Trinajstić information content (AvgIpc) is 2.83. The summed E-state index contributed by atoms with van der Waals surface area (Å²) in [6.45, 7) is 3.57. The van der Waals surface area contributed by atoms with Crippen molar-refractivity contribution < 1.29 is 14.1 Å². The van der Waals surface area contributed by atoms with E-state index in [1.54, 1.807) is 30.3 Å². The average molecular weight is 273 g/mol. The SMILES string of the molecule is CC(=O)c1ccc(NC(=O)NCc2cc(C)no2)cc1. The molecule has 1 aromatic heterocycles. The minimum Gasteiger partial charge on any atom is -0.359 e. The number of nitrogens with zero attached hydrogens (tertiary/aromatic N) is 1. The van der Waals surface area contributed by atoms with Crippen molar-refractivity contribution in [3.8, 4) is 0 Å². The van der Waals surface area contributed by atoms with Crippen LogP contribution in [0.1, 0.15) is 28.7 Å². The standard InChI is InChI=1S/C14H15N3O3/c1-9-7-13(20-17-9)8-15-14(19)16-12-5-3-11(4-6-12)10(2)18/h3-7H,8H2,1-2H3,(H2,15,16,19). The van der Waals surface area contributed by atoms with Gasteiger partial charge in [-0.15, -0.1) is 0 Å². The fourth-order valence-electron chi connectivity index (χ4n) is 1.63. The zero-order chi connectivity index (χ0) is 14.5. The predicted molar refractivity (Wildman–Crippen MR) is 73.5 cm³/mol. The number of amides is 2. The summed E-state index contributed by atoms with van der Waals surface area (Å²) in [6.07, 6.45) is 0. The summed E-state index contributed by atoms with van der Waals surface area (Å²) in [4.78, 5) is 22.8. The van der Waals surface area contributed by atoms with Gasteiger partial charge in [-0.05, 0) is 38.1 Å². The number of benzene rings is 1. The van der Waals surface area contributed by atoms with Gasteiger partial charge in [0.15, 0.2) is 11.5 Å². The first-order valence-electron chi connectivity index (χ1n) is 6.12. The number of aromatic nitrogens is 1. The zero-order valence-electron chi connectivity index (χ0n) is 11.3. The summed E-state index contributed by atoms with van der Waals surface area (Å²) in [7, 11) is 0. The molecule has 6 nitrogen and oxygen atoms in total. The minimum absolute atomic E-state index is 0.0123. The highest BCUT2D eigenvalue weighted by molar-refractivity contribution is 5.95. The van der Waals surface area contributed by atoms with E-state index in [4.69, 9.17) is 4.52 Å². The van der Waals surface area contributed by atoms with Crippen molar-refractivity contribution in [1.82, 2.24) is 10.5 Å². The minimum atomic E-state index is -0.352. The summed E-state index contributed by atoms with van der Waals surface area (Å²) < 4.78 is 4.98. The van der Waals surface area contributed by atoms with E-state index in [1.165, 1.54) is 6.92 Å². The first-order valence-corrected chi connectivity index (χ1v) is 6.12. The van der Waals surface area contributed by atoms with Crippen molar-refractivity contribution in [3.63, 3.8) is 0 Å². The normalized spacial score (nSPS) is 10.1. The molecule has 2 amide bonds. The third kappa shape index (κ3) is 3.68. The van der Waals surface area contributed by atoms with E-state index in [0.717, 1.165) is 5.69 Å². The highest BCUT2D eigenvalue weighted by Crippen LogP contribution is 2.10. The Balaban J connectivity index is 1.86. The topological polar surface area (TPSA) is 84.2 Å². The number of hydrogen-bond acceptors (Lipinski definition) is 4. The zero-order valence-corrected chi connectivity index (χ0v) is 11.3. The maximum Gasteiger partial charge on any atom is 0.319 e. The van der Waals surface area contributed by atoms with Crippen LogP contribution in [0.2, 0.25) is 0 Å². The Hall–Kier alpha value is -2.63.